The molecule has 2 amide bonds. The van der Waals surface area contributed by atoms with Gasteiger partial charge in [0.15, 0.2) is 0 Å². The topological polar surface area (TPSA) is 76.7 Å². The summed E-state index contributed by atoms with van der Waals surface area (Å²) in [4.78, 5) is 25.4. The molecule has 8 heteroatoms. The molecule has 2 rings (SSSR count). The summed E-state index contributed by atoms with van der Waals surface area (Å²) in [6.45, 7) is 6.24. The molecule has 0 aromatic heterocycles. The second-order valence-corrected chi connectivity index (χ2v) is 7.36. The molecule has 0 saturated carbocycles. The van der Waals surface area contributed by atoms with Crippen molar-refractivity contribution in [2.45, 2.75) is 33.2 Å². The average Bonchev–Trinajstić information content (AvgIpc) is 2.63. The van der Waals surface area contributed by atoms with Crippen LogP contribution in [-0.4, -0.2) is 37.3 Å². The van der Waals surface area contributed by atoms with Crippen molar-refractivity contribution in [3.8, 4) is 5.75 Å². The van der Waals surface area contributed by atoms with Gasteiger partial charge in [0.25, 0.3) is 11.8 Å². The number of allylic oxidation sites excluding steroid dienone is 1. The Morgan fingerprint density at radius 2 is 2.12 bits per heavy atom. The van der Waals surface area contributed by atoms with E-state index in [-0.39, 0.29) is 22.9 Å². The summed E-state index contributed by atoms with van der Waals surface area (Å²) in [6, 6.07) is 3.08. The Bertz CT molecular complexity index is 736. The zero-order chi connectivity index (χ0) is 19.3. The number of hydrogen-bond donors (Lipinski definition) is 2. The van der Waals surface area contributed by atoms with E-state index in [1.54, 1.807) is 13.0 Å². The van der Waals surface area contributed by atoms with Gasteiger partial charge >= 0.3 is 0 Å². The van der Waals surface area contributed by atoms with Crippen LogP contribution in [0.2, 0.25) is 5.02 Å². The molecule has 1 aromatic rings. The van der Waals surface area contributed by atoms with E-state index in [9.17, 15) is 9.59 Å². The van der Waals surface area contributed by atoms with E-state index in [1.807, 2.05) is 13.8 Å². The lowest BCUT2D eigenvalue weighted by Gasteiger charge is -2.19. The van der Waals surface area contributed by atoms with Crippen LogP contribution < -0.4 is 15.4 Å². The van der Waals surface area contributed by atoms with Crippen molar-refractivity contribution in [1.82, 2.24) is 5.32 Å². The molecule has 1 aromatic carbocycles. The third-order valence-electron chi connectivity index (χ3n) is 3.95. The Morgan fingerprint density at radius 3 is 2.73 bits per heavy atom. The summed E-state index contributed by atoms with van der Waals surface area (Å²) in [6.07, 6.45) is 0.810. The van der Waals surface area contributed by atoms with Crippen molar-refractivity contribution in [3.05, 3.63) is 33.4 Å². The summed E-state index contributed by atoms with van der Waals surface area (Å²) < 4.78 is 10.7. The molecule has 0 radical (unpaired) electrons. The molecule has 0 aliphatic carbocycles. The van der Waals surface area contributed by atoms with Crippen molar-refractivity contribution >= 4 is 40.9 Å². The van der Waals surface area contributed by atoms with Gasteiger partial charge in [-0.1, -0.05) is 18.5 Å². The number of amides is 2. The first-order valence-corrected chi connectivity index (χ1v) is 9.69. The maximum atomic E-state index is 12.5. The second-order valence-electron chi connectivity index (χ2n) is 5.85. The number of ether oxygens (including phenoxy) is 2. The number of nitrogens with one attached hydrogen (secondary N) is 2. The van der Waals surface area contributed by atoms with Crippen LogP contribution in [0.15, 0.2) is 22.8 Å². The molecule has 0 bridgehead atoms. The summed E-state index contributed by atoms with van der Waals surface area (Å²) in [5.41, 5.74) is 0.696. The molecule has 6 nitrogen and oxygen atoms in total. The number of benzene rings is 1. The first-order valence-electron chi connectivity index (χ1n) is 8.33. The number of carbonyl (C=O) groups excluding carboxylic acids is 2. The maximum absolute atomic E-state index is 12.5. The number of rotatable bonds is 6. The highest BCUT2D eigenvalue weighted by molar-refractivity contribution is 8.04. The molecule has 0 spiro atoms. The number of methoxy groups -OCH3 is 1. The molecule has 1 aliphatic heterocycles. The van der Waals surface area contributed by atoms with E-state index >= 15 is 0 Å². The van der Waals surface area contributed by atoms with E-state index in [0.717, 1.165) is 6.42 Å². The quantitative estimate of drug-likeness (QED) is 0.761. The lowest BCUT2D eigenvalue weighted by Crippen LogP contribution is -2.32. The highest BCUT2D eigenvalue weighted by atomic mass is 35.5. The molecular weight excluding hydrogens is 376 g/mol. The molecular formula is C18H23ClN2O4S. The molecule has 1 atom stereocenters. The van der Waals surface area contributed by atoms with Crippen LogP contribution in [0.5, 0.6) is 5.75 Å². The SMILES string of the molecule is CC[C@H](C)NC(=O)c1cc(Cl)c(NC(=O)C2=C(C)OCCS2)cc1OC. The lowest BCUT2D eigenvalue weighted by molar-refractivity contribution is -0.112. The van der Waals surface area contributed by atoms with Crippen LogP contribution in [0.1, 0.15) is 37.6 Å². The zero-order valence-electron chi connectivity index (χ0n) is 15.3. The van der Waals surface area contributed by atoms with E-state index in [4.69, 9.17) is 21.1 Å². The fourth-order valence-electron chi connectivity index (χ4n) is 2.31. The lowest BCUT2D eigenvalue weighted by atomic mass is 10.1. The number of thioether (sulfide) groups is 1. The number of halogens is 1. The van der Waals surface area contributed by atoms with Crippen molar-refractivity contribution < 1.29 is 19.1 Å². The molecule has 0 saturated heterocycles. The van der Waals surface area contributed by atoms with Gasteiger partial charge in [-0.15, -0.1) is 11.8 Å². The average molecular weight is 399 g/mol. The van der Waals surface area contributed by atoms with Crippen molar-refractivity contribution in [1.29, 1.82) is 0 Å². The standard InChI is InChI=1S/C18H23ClN2O4S/c1-5-10(2)20-17(22)12-8-13(19)14(9-15(12)24-4)21-18(23)16-11(3)25-6-7-26-16/h8-10H,5-7H2,1-4H3,(H,20,22)(H,21,23)/t10-/m0/s1. The highest BCUT2D eigenvalue weighted by Crippen LogP contribution is 2.33. The van der Waals surface area contributed by atoms with Crippen LogP contribution >= 0.6 is 23.4 Å². The Morgan fingerprint density at radius 1 is 1.38 bits per heavy atom. The third-order valence-corrected chi connectivity index (χ3v) is 5.39. The smallest absolute Gasteiger partial charge is 0.265 e. The van der Waals surface area contributed by atoms with Crippen LogP contribution in [0.4, 0.5) is 5.69 Å². The summed E-state index contributed by atoms with van der Waals surface area (Å²) in [7, 11) is 1.46. The van der Waals surface area contributed by atoms with Gasteiger partial charge in [-0.2, -0.15) is 0 Å². The van der Waals surface area contributed by atoms with Crippen LogP contribution in [0.25, 0.3) is 0 Å². The first kappa shape index (κ1) is 20.5. The molecule has 142 valence electrons. The van der Waals surface area contributed by atoms with Gasteiger partial charge in [-0.3, -0.25) is 9.59 Å². The van der Waals surface area contributed by atoms with E-state index in [2.05, 4.69) is 10.6 Å². The molecule has 1 heterocycles. The first-order chi connectivity index (χ1) is 12.4. The minimum atomic E-state index is -0.298. The predicted molar refractivity (Wildman–Crippen MR) is 105 cm³/mol. The summed E-state index contributed by atoms with van der Waals surface area (Å²) >= 11 is 7.72. The van der Waals surface area contributed by atoms with Gasteiger partial charge in [0, 0.05) is 17.9 Å². The van der Waals surface area contributed by atoms with Gasteiger partial charge in [0.1, 0.15) is 16.4 Å². The molecule has 0 fully saturated rings. The van der Waals surface area contributed by atoms with E-state index < -0.39 is 0 Å². The summed E-state index contributed by atoms with van der Waals surface area (Å²) in [5.74, 6) is 1.07. The van der Waals surface area contributed by atoms with Gasteiger partial charge < -0.3 is 20.1 Å². The number of anilines is 1. The Kier molecular flexibility index (Phi) is 7.23. The minimum absolute atomic E-state index is 0.0311. The second kappa shape index (κ2) is 9.19. The molecule has 26 heavy (non-hydrogen) atoms. The number of carbonyl (C=O) groups is 2. The maximum Gasteiger partial charge on any atom is 0.265 e. The van der Waals surface area contributed by atoms with Gasteiger partial charge in [0.05, 0.1) is 30.0 Å². The highest BCUT2D eigenvalue weighted by Gasteiger charge is 2.22. The fourth-order valence-corrected chi connectivity index (χ4v) is 3.34. The largest absolute Gasteiger partial charge is 0.496 e. The van der Waals surface area contributed by atoms with Crippen LogP contribution in [0.3, 0.4) is 0 Å². The Balaban J connectivity index is 2.25. The Labute approximate surface area is 162 Å². The molecule has 1 aliphatic rings. The van der Waals surface area contributed by atoms with Gasteiger partial charge in [-0.05, 0) is 26.3 Å². The van der Waals surface area contributed by atoms with Crippen molar-refractivity contribution in [2.75, 3.05) is 24.8 Å². The fraction of sp³-hybridized carbons (Fsp3) is 0.444. The predicted octanol–water partition coefficient (Wildman–Crippen LogP) is 3.81. The van der Waals surface area contributed by atoms with Gasteiger partial charge in [-0.25, -0.2) is 0 Å². The van der Waals surface area contributed by atoms with Crippen molar-refractivity contribution in [3.63, 3.8) is 0 Å². The van der Waals surface area contributed by atoms with Gasteiger partial charge in [0.2, 0.25) is 0 Å². The molecule has 2 N–H and O–H groups in total. The minimum Gasteiger partial charge on any atom is -0.496 e. The van der Waals surface area contributed by atoms with E-state index in [0.29, 0.717) is 40.0 Å². The summed E-state index contributed by atoms with van der Waals surface area (Å²) in [5, 5.41) is 5.89. The monoisotopic (exact) mass is 398 g/mol. The normalized spacial score (nSPS) is 15.1. The van der Waals surface area contributed by atoms with Crippen LogP contribution in [-0.2, 0) is 9.53 Å². The Hall–Kier alpha value is -1.86. The van der Waals surface area contributed by atoms with Crippen molar-refractivity contribution in [2.24, 2.45) is 0 Å². The van der Waals surface area contributed by atoms with E-state index in [1.165, 1.54) is 24.9 Å². The van der Waals surface area contributed by atoms with Crippen LogP contribution in [0, 0.1) is 0 Å². The molecule has 0 unspecified atom stereocenters. The third kappa shape index (κ3) is 4.86. The number of hydrogen-bond acceptors (Lipinski definition) is 5. The zero-order valence-corrected chi connectivity index (χ0v) is 16.8.